The van der Waals surface area contributed by atoms with Crippen molar-refractivity contribution in [1.82, 2.24) is 10.2 Å². The van der Waals surface area contributed by atoms with Crippen molar-refractivity contribution in [3.63, 3.8) is 0 Å². The fourth-order valence-corrected chi connectivity index (χ4v) is 1.55. The van der Waals surface area contributed by atoms with Gasteiger partial charge in [-0.2, -0.15) is 0 Å². The Bertz CT molecular complexity index is 180. The molecular formula is C10H21N3O. The normalized spacial score (nSPS) is 15.6. The van der Waals surface area contributed by atoms with Gasteiger partial charge in [0.05, 0.1) is 6.54 Å². The van der Waals surface area contributed by atoms with E-state index in [-0.39, 0.29) is 5.91 Å². The van der Waals surface area contributed by atoms with Crippen LogP contribution >= 0.6 is 0 Å². The summed E-state index contributed by atoms with van der Waals surface area (Å²) in [5.74, 6) is 0.229. The number of carbonyl (C=O) groups excluding carboxylic acids is 1. The molecule has 1 fully saturated rings. The number of rotatable bonds is 7. The number of likely N-dealkylation sites (N-methyl/N-ethyl adjacent to an activating group) is 1. The molecule has 0 atom stereocenters. The Hall–Kier alpha value is -0.610. The van der Waals surface area contributed by atoms with E-state index in [0.717, 1.165) is 19.5 Å². The highest BCUT2D eigenvalue weighted by atomic mass is 16.2. The lowest BCUT2D eigenvalue weighted by molar-refractivity contribution is -0.130. The van der Waals surface area contributed by atoms with Crippen molar-refractivity contribution in [2.75, 3.05) is 26.2 Å². The summed E-state index contributed by atoms with van der Waals surface area (Å²) in [6.07, 6.45) is 3.30. The lowest BCUT2D eigenvalue weighted by atomic mass is 10.4. The summed E-state index contributed by atoms with van der Waals surface area (Å²) in [6.45, 7) is 4.86. The van der Waals surface area contributed by atoms with Crippen LogP contribution in [0.5, 0.6) is 0 Å². The van der Waals surface area contributed by atoms with Crippen LogP contribution in [0.3, 0.4) is 0 Å². The number of hydrogen-bond acceptors (Lipinski definition) is 3. The van der Waals surface area contributed by atoms with Gasteiger partial charge in [0.25, 0.3) is 0 Å². The highest BCUT2D eigenvalue weighted by Crippen LogP contribution is 2.26. The minimum absolute atomic E-state index is 0.229. The molecule has 0 bridgehead atoms. The molecule has 0 radical (unpaired) electrons. The van der Waals surface area contributed by atoms with Crippen LogP contribution in [0.15, 0.2) is 0 Å². The molecule has 82 valence electrons. The molecule has 3 N–H and O–H groups in total. The van der Waals surface area contributed by atoms with E-state index in [1.54, 1.807) is 0 Å². The number of amides is 1. The molecule has 4 heteroatoms. The van der Waals surface area contributed by atoms with Gasteiger partial charge >= 0.3 is 0 Å². The highest BCUT2D eigenvalue weighted by molar-refractivity contribution is 5.78. The molecule has 0 saturated heterocycles. The molecule has 0 aliphatic heterocycles. The third-order valence-electron chi connectivity index (χ3n) is 2.48. The molecule has 0 aromatic heterocycles. The third kappa shape index (κ3) is 3.64. The molecule has 0 unspecified atom stereocenters. The Balaban J connectivity index is 2.12. The van der Waals surface area contributed by atoms with Gasteiger partial charge in [-0.3, -0.25) is 4.79 Å². The molecule has 1 saturated carbocycles. The summed E-state index contributed by atoms with van der Waals surface area (Å²) >= 11 is 0. The zero-order valence-electron chi connectivity index (χ0n) is 8.96. The van der Waals surface area contributed by atoms with Crippen LogP contribution in [0.25, 0.3) is 0 Å². The van der Waals surface area contributed by atoms with E-state index in [9.17, 15) is 4.79 Å². The average molecular weight is 199 g/mol. The quantitative estimate of drug-likeness (QED) is 0.565. The molecular weight excluding hydrogens is 178 g/mol. The van der Waals surface area contributed by atoms with Crippen LogP contribution in [-0.2, 0) is 4.79 Å². The van der Waals surface area contributed by atoms with Gasteiger partial charge in [0, 0.05) is 12.6 Å². The maximum absolute atomic E-state index is 11.7. The number of nitrogens with two attached hydrogens (primary N) is 1. The van der Waals surface area contributed by atoms with Crippen molar-refractivity contribution in [2.24, 2.45) is 5.73 Å². The summed E-state index contributed by atoms with van der Waals surface area (Å²) in [7, 11) is 0. The smallest absolute Gasteiger partial charge is 0.236 e. The first kappa shape index (κ1) is 11.5. The second kappa shape index (κ2) is 5.98. The molecule has 1 rings (SSSR count). The number of carbonyl (C=O) groups is 1. The van der Waals surface area contributed by atoms with E-state index in [1.165, 1.54) is 12.8 Å². The van der Waals surface area contributed by atoms with Gasteiger partial charge in [0.15, 0.2) is 0 Å². The molecule has 1 aliphatic rings. The van der Waals surface area contributed by atoms with Crippen molar-refractivity contribution in [1.29, 1.82) is 0 Å². The Kier molecular flexibility index (Phi) is 4.90. The van der Waals surface area contributed by atoms with Gasteiger partial charge in [0.1, 0.15) is 0 Å². The minimum atomic E-state index is 0.229. The van der Waals surface area contributed by atoms with E-state index in [4.69, 9.17) is 5.73 Å². The summed E-state index contributed by atoms with van der Waals surface area (Å²) in [6, 6.07) is 0.531. The van der Waals surface area contributed by atoms with Crippen LogP contribution < -0.4 is 11.1 Å². The van der Waals surface area contributed by atoms with E-state index in [0.29, 0.717) is 19.1 Å². The fourth-order valence-electron chi connectivity index (χ4n) is 1.55. The van der Waals surface area contributed by atoms with Crippen LogP contribution in [0.4, 0.5) is 0 Å². The maximum atomic E-state index is 11.7. The van der Waals surface area contributed by atoms with Crippen molar-refractivity contribution < 1.29 is 4.79 Å². The first-order valence-electron chi connectivity index (χ1n) is 5.49. The van der Waals surface area contributed by atoms with Crippen molar-refractivity contribution >= 4 is 5.91 Å². The van der Waals surface area contributed by atoms with Crippen LogP contribution in [0, 0.1) is 0 Å². The molecule has 0 aromatic carbocycles. The summed E-state index contributed by atoms with van der Waals surface area (Å²) in [5, 5.41) is 3.11. The van der Waals surface area contributed by atoms with E-state index in [2.05, 4.69) is 5.32 Å². The first-order valence-corrected chi connectivity index (χ1v) is 5.49. The van der Waals surface area contributed by atoms with Gasteiger partial charge in [-0.15, -0.1) is 0 Å². The summed E-state index contributed by atoms with van der Waals surface area (Å²) < 4.78 is 0. The van der Waals surface area contributed by atoms with Crippen molar-refractivity contribution in [2.45, 2.75) is 32.2 Å². The number of nitrogens with one attached hydrogen (secondary N) is 1. The minimum Gasteiger partial charge on any atom is -0.339 e. The Morgan fingerprint density at radius 1 is 1.57 bits per heavy atom. The third-order valence-corrected chi connectivity index (χ3v) is 2.48. The Morgan fingerprint density at radius 2 is 2.29 bits per heavy atom. The second-order valence-electron chi connectivity index (χ2n) is 3.73. The lowest BCUT2D eigenvalue weighted by Gasteiger charge is -2.20. The number of hydrogen-bond donors (Lipinski definition) is 2. The molecule has 1 amide bonds. The molecule has 0 spiro atoms. The zero-order valence-corrected chi connectivity index (χ0v) is 8.96. The van der Waals surface area contributed by atoms with Gasteiger partial charge in [0.2, 0.25) is 5.91 Å². The van der Waals surface area contributed by atoms with Crippen LogP contribution in [0.2, 0.25) is 0 Å². The number of nitrogens with zero attached hydrogens (tertiary/aromatic N) is 1. The molecule has 0 heterocycles. The Labute approximate surface area is 85.8 Å². The molecule has 14 heavy (non-hydrogen) atoms. The van der Waals surface area contributed by atoms with Crippen molar-refractivity contribution in [3.8, 4) is 0 Å². The lowest BCUT2D eigenvalue weighted by Crippen LogP contribution is -2.39. The second-order valence-corrected chi connectivity index (χ2v) is 3.73. The summed E-state index contributed by atoms with van der Waals surface area (Å²) in [5.41, 5.74) is 5.35. The predicted octanol–water partition coefficient (Wildman–Crippen LogP) is -0.0643. The standard InChI is InChI=1S/C10H21N3O/c1-2-13(9-4-5-9)10(14)8-12-7-3-6-11/h9,12H,2-8,11H2,1H3. The van der Waals surface area contributed by atoms with Crippen LogP contribution in [-0.4, -0.2) is 43.0 Å². The first-order chi connectivity index (χ1) is 6.79. The maximum Gasteiger partial charge on any atom is 0.236 e. The Morgan fingerprint density at radius 3 is 2.79 bits per heavy atom. The summed E-state index contributed by atoms with van der Waals surface area (Å²) in [4.78, 5) is 13.6. The molecule has 4 nitrogen and oxygen atoms in total. The van der Waals surface area contributed by atoms with Gasteiger partial charge in [-0.1, -0.05) is 0 Å². The van der Waals surface area contributed by atoms with Gasteiger partial charge in [-0.25, -0.2) is 0 Å². The highest BCUT2D eigenvalue weighted by Gasteiger charge is 2.30. The van der Waals surface area contributed by atoms with E-state index < -0.39 is 0 Å². The molecule has 1 aliphatic carbocycles. The fraction of sp³-hybridized carbons (Fsp3) is 0.900. The zero-order chi connectivity index (χ0) is 10.4. The van der Waals surface area contributed by atoms with E-state index in [1.807, 2.05) is 11.8 Å². The largest absolute Gasteiger partial charge is 0.339 e. The monoisotopic (exact) mass is 199 g/mol. The van der Waals surface area contributed by atoms with Gasteiger partial charge < -0.3 is 16.0 Å². The predicted molar refractivity (Wildman–Crippen MR) is 57.0 cm³/mol. The topological polar surface area (TPSA) is 58.4 Å². The average Bonchev–Trinajstić information content (AvgIpc) is 2.98. The SMILES string of the molecule is CCN(C(=O)CNCCCN)C1CC1. The van der Waals surface area contributed by atoms with E-state index >= 15 is 0 Å². The van der Waals surface area contributed by atoms with Crippen molar-refractivity contribution in [3.05, 3.63) is 0 Å². The van der Waals surface area contributed by atoms with Crippen LogP contribution in [0.1, 0.15) is 26.2 Å². The van der Waals surface area contributed by atoms with Gasteiger partial charge in [-0.05, 0) is 39.3 Å². The molecule has 0 aromatic rings.